The zero-order valence-electron chi connectivity index (χ0n) is 15.8. The van der Waals surface area contributed by atoms with Crippen LogP contribution < -0.4 is 9.47 Å². The Hall–Kier alpha value is -1.52. The smallest absolute Gasteiger partial charge is 0.161 e. The number of hydrogen-bond donors (Lipinski definition) is 0. The summed E-state index contributed by atoms with van der Waals surface area (Å²) in [7, 11) is 3.41. The summed E-state index contributed by atoms with van der Waals surface area (Å²) in [6.07, 6.45) is 3.28. The summed E-state index contributed by atoms with van der Waals surface area (Å²) in [6, 6.07) is 4.70. The molecule has 4 heteroatoms. The molecule has 3 fully saturated rings. The van der Waals surface area contributed by atoms with Crippen LogP contribution in [0.4, 0.5) is 0 Å². The molecule has 25 heavy (non-hydrogen) atoms. The van der Waals surface area contributed by atoms with Gasteiger partial charge < -0.3 is 14.2 Å². The highest BCUT2D eigenvalue weighted by Gasteiger charge is 2.55. The molecule has 4 nitrogen and oxygen atoms in total. The van der Waals surface area contributed by atoms with E-state index in [1.807, 2.05) is 0 Å². The predicted molar refractivity (Wildman–Crippen MR) is 98.4 cm³/mol. The molecule has 4 aliphatic heterocycles. The Labute approximate surface area is 150 Å². The van der Waals surface area contributed by atoms with Gasteiger partial charge in [0.2, 0.25) is 0 Å². The van der Waals surface area contributed by atoms with Crippen LogP contribution in [0.3, 0.4) is 0 Å². The third-order valence-corrected chi connectivity index (χ3v) is 6.09. The molecule has 5 rings (SSSR count). The number of ether oxygens (including phenoxy) is 3. The van der Waals surface area contributed by atoms with E-state index < -0.39 is 0 Å². The van der Waals surface area contributed by atoms with Crippen LogP contribution in [0.15, 0.2) is 24.3 Å². The highest BCUT2D eigenvalue weighted by atomic mass is 16.5. The van der Waals surface area contributed by atoms with Gasteiger partial charge in [-0.15, -0.1) is 0 Å². The van der Waals surface area contributed by atoms with Crippen LogP contribution in [-0.4, -0.2) is 43.9 Å². The molecule has 0 aliphatic carbocycles. The standard InChI is InChI=1S/C21H29NO3/c1-13(2)11-21-12-22-7-6-15-8-19(23-4)20(24-5)9-16(15)17(22)10-18(25-21)14(21)3/h8-9,13,17-18H,3,6-7,10-12H2,1-2,4-5H3/t17-,18?,21?/m1/s1. The van der Waals surface area contributed by atoms with E-state index in [0.717, 1.165) is 43.9 Å². The molecule has 136 valence electrons. The topological polar surface area (TPSA) is 30.9 Å². The van der Waals surface area contributed by atoms with Gasteiger partial charge in [-0.25, -0.2) is 0 Å². The second kappa shape index (κ2) is 6.03. The van der Waals surface area contributed by atoms with Gasteiger partial charge in [-0.2, -0.15) is 0 Å². The van der Waals surface area contributed by atoms with E-state index in [4.69, 9.17) is 14.2 Å². The first-order chi connectivity index (χ1) is 12.0. The SMILES string of the molecule is C=C1C2C[C@@H]3c4cc(OC)c(OC)cc4CCN3CC1(CC(C)C)O2. The van der Waals surface area contributed by atoms with Gasteiger partial charge in [-0.1, -0.05) is 20.4 Å². The quantitative estimate of drug-likeness (QED) is 0.779. The van der Waals surface area contributed by atoms with Crippen molar-refractivity contribution >= 4 is 0 Å². The van der Waals surface area contributed by atoms with E-state index in [1.54, 1.807) is 14.2 Å². The maximum absolute atomic E-state index is 6.42. The zero-order valence-corrected chi connectivity index (χ0v) is 15.8. The van der Waals surface area contributed by atoms with E-state index in [9.17, 15) is 0 Å². The van der Waals surface area contributed by atoms with Crippen LogP contribution in [0, 0.1) is 5.92 Å². The fourth-order valence-corrected chi connectivity index (χ4v) is 4.96. The summed E-state index contributed by atoms with van der Waals surface area (Å²) in [4.78, 5) is 2.61. The summed E-state index contributed by atoms with van der Waals surface area (Å²) in [5, 5.41) is 0. The predicted octanol–water partition coefficient (Wildman–Crippen LogP) is 3.75. The van der Waals surface area contributed by atoms with E-state index in [0.29, 0.717) is 12.0 Å². The summed E-state index contributed by atoms with van der Waals surface area (Å²) in [5.41, 5.74) is 3.91. The monoisotopic (exact) mass is 343 g/mol. The summed E-state index contributed by atoms with van der Waals surface area (Å²) < 4.78 is 17.5. The third-order valence-electron chi connectivity index (χ3n) is 6.09. The first-order valence-electron chi connectivity index (χ1n) is 9.33. The molecule has 0 spiro atoms. The molecular formula is C21H29NO3. The van der Waals surface area contributed by atoms with E-state index >= 15 is 0 Å². The van der Waals surface area contributed by atoms with Gasteiger partial charge in [-0.3, -0.25) is 4.90 Å². The Morgan fingerprint density at radius 1 is 1.28 bits per heavy atom. The van der Waals surface area contributed by atoms with Crippen molar-refractivity contribution in [3.63, 3.8) is 0 Å². The Morgan fingerprint density at radius 3 is 2.64 bits per heavy atom. The van der Waals surface area contributed by atoms with Gasteiger partial charge in [0.25, 0.3) is 0 Å². The Kier molecular flexibility index (Phi) is 4.08. The molecule has 3 atom stereocenters. The highest BCUT2D eigenvalue weighted by molar-refractivity contribution is 5.50. The van der Waals surface area contributed by atoms with Crippen LogP contribution in [0.5, 0.6) is 11.5 Å². The molecule has 2 unspecified atom stereocenters. The summed E-state index contributed by atoms with van der Waals surface area (Å²) >= 11 is 0. The van der Waals surface area contributed by atoms with Crippen molar-refractivity contribution in [3.05, 3.63) is 35.4 Å². The molecular weight excluding hydrogens is 314 g/mol. The first kappa shape index (κ1) is 16.9. The Morgan fingerprint density at radius 2 is 2.00 bits per heavy atom. The largest absolute Gasteiger partial charge is 0.493 e. The van der Waals surface area contributed by atoms with Gasteiger partial charge in [0.15, 0.2) is 11.5 Å². The lowest BCUT2D eigenvalue weighted by Crippen LogP contribution is -2.56. The molecule has 1 aromatic carbocycles. The fourth-order valence-electron chi connectivity index (χ4n) is 4.96. The van der Waals surface area contributed by atoms with Crippen molar-refractivity contribution in [2.45, 2.75) is 50.9 Å². The molecule has 0 aromatic heterocycles. The minimum atomic E-state index is -0.137. The molecule has 4 heterocycles. The van der Waals surface area contributed by atoms with Gasteiger partial charge in [0, 0.05) is 19.1 Å². The highest BCUT2D eigenvalue weighted by Crippen LogP contribution is 2.52. The van der Waals surface area contributed by atoms with Gasteiger partial charge in [0.05, 0.1) is 20.3 Å². The van der Waals surface area contributed by atoms with Crippen molar-refractivity contribution in [2.75, 3.05) is 27.3 Å². The molecule has 0 saturated carbocycles. The van der Waals surface area contributed by atoms with Crippen LogP contribution in [0.25, 0.3) is 0 Å². The number of nitrogens with zero attached hydrogens (tertiary/aromatic N) is 1. The number of rotatable bonds is 4. The van der Waals surface area contributed by atoms with Crippen LogP contribution in [0.1, 0.15) is 43.9 Å². The zero-order chi connectivity index (χ0) is 17.8. The number of fused-ring (bicyclic) bond motifs is 1. The van der Waals surface area contributed by atoms with Crippen molar-refractivity contribution in [1.82, 2.24) is 4.90 Å². The molecule has 2 bridgehead atoms. The molecule has 1 aromatic rings. The lowest BCUT2D eigenvalue weighted by atomic mass is 9.77. The Balaban J connectivity index is 1.69. The average Bonchev–Trinajstić information content (AvgIpc) is 2.84. The van der Waals surface area contributed by atoms with Crippen molar-refractivity contribution in [2.24, 2.45) is 5.92 Å². The normalized spacial score (nSPS) is 31.0. The maximum atomic E-state index is 6.42. The van der Waals surface area contributed by atoms with Crippen LogP contribution in [-0.2, 0) is 11.2 Å². The third kappa shape index (κ3) is 2.58. The fraction of sp³-hybridized carbons (Fsp3) is 0.619. The van der Waals surface area contributed by atoms with E-state index in [2.05, 4.69) is 37.5 Å². The Bertz CT molecular complexity index is 699. The lowest BCUT2D eigenvalue weighted by Gasteiger charge is -2.50. The molecule has 0 amide bonds. The van der Waals surface area contributed by atoms with Crippen LogP contribution in [0.2, 0.25) is 0 Å². The molecule has 4 aliphatic rings. The van der Waals surface area contributed by atoms with Crippen LogP contribution >= 0.6 is 0 Å². The average molecular weight is 343 g/mol. The number of benzene rings is 1. The number of methoxy groups -OCH3 is 2. The van der Waals surface area contributed by atoms with Gasteiger partial charge in [0.1, 0.15) is 5.60 Å². The first-order valence-corrected chi connectivity index (χ1v) is 9.33. The molecule has 3 saturated heterocycles. The summed E-state index contributed by atoms with van der Waals surface area (Å²) in [6.45, 7) is 11.0. The van der Waals surface area contributed by atoms with Gasteiger partial charge in [-0.05, 0) is 54.0 Å². The lowest BCUT2D eigenvalue weighted by molar-refractivity contribution is -0.143. The second-order valence-corrected chi connectivity index (χ2v) is 8.10. The minimum Gasteiger partial charge on any atom is -0.493 e. The second-order valence-electron chi connectivity index (χ2n) is 8.10. The van der Waals surface area contributed by atoms with E-state index in [-0.39, 0.29) is 11.7 Å². The number of hydrogen-bond acceptors (Lipinski definition) is 4. The molecule has 0 N–H and O–H groups in total. The van der Waals surface area contributed by atoms with Gasteiger partial charge >= 0.3 is 0 Å². The van der Waals surface area contributed by atoms with Crippen molar-refractivity contribution < 1.29 is 14.2 Å². The molecule has 0 radical (unpaired) electrons. The minimum absolute atomic E-state index is 0.137. The maximum Gasteiger partial charge on any atom is 0.161 e. The van der Waals surface area contributed by atoms with E-state index in [1.165, 1.54) is 16.7 Å². The van der Waals surface area contributed by atoms with Crippen molar-refractivity contribution in [3.8, 4) is 11.5 Å². The summed E-state index contributed by atoms with van der Waals surface area (Å²) in [5.74, 6) is 2.25. The van der Waals surface area contributed by atoms with Crippen molar-refractivity contribution in [1.29, 1.82) is 0 Å².